The highest BCUT2D eigenvalue weighted by molar-refractivity contribution is 5.39. The third kappa shape index (κ3) is 3.78. The van der Waals surface area contributed by atoms with Crippen molar-refractivity contribution in [3.05, 3.63) is 21.5 Å². The molecule has 0 spiro atoms. The number of nitrogens with zero attached hydrogens (tertiary/aromatic N) is 3. The third-order valence-corrected chi connectivity index (χ3v) is 2.55. The number of hydrogen-bond acceptors (Lipinski definition) is 5. The number of rotatable bonds is 8. The highest BCUT2D eigenvalue weighted by Gasteiger charge is 2.21. The van der Waals surface area contributed by atoms with Gasteiger partial charge in [-0.3, -0.25) is 14.8 Å². The van der Waals surface area contributed by atoms with Crippen molar-refractivity contribution in [2.24, 2.45) is 0 Å². The molecule has 0 aromatic carbocycles. The van der Waals surface area contributed by atoms with Crippen molar-refractivity contribution in [2.45, 2.75) is 27.3 Å². The Morgan fingerprint density at radius 2 is 1.94 bits per heavy atom. The molecule has 1 aromatic rings. The van der Waals surface area contributed by atoms with Gasteiger partial charge in [0.05, 0.1) is 31.3 Å². The topological polar surface area (TPSA) is 79.4 Å². The second kappa shape index (κ2) is 7.07. The van der Waals surface area contributed by atoms with E-state index in [1.54, 1.807) is 18.5 Å². The van der Waals surface area contributed by atoms with Gasteiger partial charge >= 0.3 is 5.69 Å². The largest absolute Gasteiger partial charge is 0.379 e. The normalized spacial score (nSPS) is 10.8. The van der Waals surface area contributed by atoms with Crippen LogP contribution in [0.25, 0.3) is 0 Å². The number of nitro groups is 1. The van der Waals surface area contributed by atoms with Crippen LogP contribution in [0.3, 0.4) is 0 Å². The van der Waals surface area contributed by atoms with Gasteiger partial charge in [0, 0.05) is 6.61 Å². The zero-order valence-electron chi connectivity index (χ0n) is 11.0. The molecule has 0 saturated heterocycles. The molecule has 102 valence electrons. The van der Waals surface area contributed by atoms with Crippen LogP contribution in [0, 0.1) is 24.0 Å². The predicted molar refractivity (Wildman–Crippen MR) is 65.7 cm³/mol. The quantitative estimate of drug-likeness (QED) is 0.400. The van der Waals surface area contributed by atoms with Gasteiger partial charge in [-0.1, -0.05) is 0 Å². The number of hydrogen-bond donors (Lipinski definition) is 0. The van der Waals surface area contributed by atoms with Crippen molar-refractivity contribution in [1.82, 2.24) is 9.78 Å². The second-order valence-corrected chi connectivity index (χ2v) is 3.81. The van der Waals surface area contributed by atoms with Crippen LogP contribution in [-0.4, -0.2) is 41.1 Å². The number of aromatic nitrogens is 2. The van der Waals surface area contributed by atoms with Gasteiger partial charge in [0.1, 0.15) is 11.4 Å². The first-order valence-electron chi connectivity index (χ1n) is 5.91. The van der Waals surface area contributed by atoms with Crippen LogP contribution in [-0.2, 0) is 16.0 Å². The fraction of sp³-hybridized carbons (Fsp3) is 0.727. The number of aryl methyl sites for hydroxylation is 1. The lowest BCUT2D eigenvalue weighted by Gasteiger charge is -2.05. The van der Waals surface area contributed by atoms with Gasteiger partial charge in [-0.05, 0) is 20.8 Å². The monoisotopic (exact) mass is 257 g/mol. The summed E-state index contributed by atoms with van der Waals surface area (Å²) in [5, 5.41) is 14.9. The van der Waals surface area contributed by atoms with E-state index in [4.69, 9.17) is 9.47 Å². The maximum atomic E-state index is 10.8. The predicted octanol–water partition coefficient (Wildman–Crippen LogP) is 1.46. The molecule has 0 aliphatic heterocycles. The molecule has 0 amide bonds. The Kier molecular flexibility index (Phi) is 5.73. The molecule has 0 radical (unpaired) electrons. The minimum atomic E-state index is -0.399. The van der Waals surface area contributed by atoms with Crippen LogP contribution in [0.2, 0.25) is 0 Å². The van der Waals surface area contributed by atoms with Gasteiger partial charge in [-0.15, -0.1) is 0 Å². The van der Waals surface area contributed by atoms with Crippen LogP contribution in [0.15, 0.2) is 0 Å². The van der Waals surface area contributed by atoms with Crippen molar-refractivity contribution in [1.29, 1.82) is 0 Å². The molecule has 0 saturated carbocycles. The van der Waals surface area contributed by atoms with E-state index in [2.05, 4.69) is 5.10 Å². The fourth-order valence-electron chi connectivity index (χ4n) is 1.68. The summed E-state index contributed by atoms with van der Waals surface area (Å²) in [7, 11) is 0. The first-order chi connectivity index (χ1) is 8.57. The van der Waals surface area contributed by atoms with Crippen molar-refractivity contribution in [3.8, 4) is 0 Å². The molecule has 1 aromatic heterocycles. The Bertz CT molecular complexity index is 403. The number of ether oxygens (including phenoxy) is 2. The molecule has 7 heteroatoms. The maximum absolute atomic E-state index is 10.8. The zero-order chi connectivity index (χ0) is 13.5. The molecule has 0 bridgehead atoms. The lowest BCUT2D eigenvalue weighted by atomic mass is 10.3. The van der Waals surface area contributed by atoms with E-state index >= 15 is 0 Å². The second-order valence-electron chi connectivity index (χ2n) is 3.81. The van der Waals surface area contributed by atoms with Crippen molar-refractivity contribution >= 4 is 5.69 Å². The fourth-order valence-corrected chi connectivity index (χ4v) is 1.68. The van der Waals surface area contributed by atoms with E-state index in [9.17, 15) is 10.1 Å². The molecule has 1 heterocycles. The van der Waals surface area contributed by atoms with E-state index in [0.717, 1.165) is 0 Å². The standard InChI is InChI=1S/C11H19N3O4/c1-4-17-7-8-18-6-5-13-10(3)11(14(15)16)9(2)12-13/h4-8H2,1-3H3. The molecule has 0 atom stereocenters. The summed E-state index contributed by atoms with van der Waals surface area (Å²) >= 11 is 0. The van der Waals surface area contributed by atoms with E-state index in [-0.39, 0.29) is 5.69 Å². The first kappa shape index (κ1) is 14.6. The van der Waals surface area contributed by atoms with Gasteiger partial charge in [-0.25, -0.2) is 0 Å². The molecular weight excluding hydrogens is 238 g/mol. The summed E-state index contributed by atoms with van der Waals surface area (Å²) in [6.45, 7) is 7.99. The lowest BCUT2D eigenvalue weighted by molar-refractivity contribution is -0.386. The highest BCUT2D eigenvalue weighted by Crippen LogP contribution is 2.21. The highest BCUT2D eigenvalue weighted by atomic mass is 16.6. The molecule has 0 N–H and O–H groups in total. The van der Waals surface area contributed by atoms with E-state index in [1.165, 1.54) is 0 Å². The van der Waals surface area contributed by atoms with Gasteiger partial charge in [0.15, 0.2) is 0 Å². The Balaban J connectivity index is 2.44. The summed E-state index contributed by atoms with van der Waals surface area (Å²) < 4.78 is 12.1. The molecule has 0 aliphatic carbocycles. The van der Waals surface area contributed by atoms with Gasteiger partial charge in [-0.2, -0.15) is 5.10 Å². The van der Waals surface area contributed by atoms with Crippen LogP contribution < -0.4 is 0 Å². The summed E-state index contributed by atoms with van der Waals surface area (Å²) in [5.41, 5.74) is 1.09. The van der Waals surface area contributed by atoms with E-state index in [0.29, 0.717) is 44.4 Å². The first-order valence-corrected chi connectivity index (χ1v) is 5.91. The maximum Gasteiger partial charge on any atom is 0.312 e. The molecule has 18 heavy (non-hydrogen) atoms. The van der Waals surface area contributed by atoms with Crippen LogP contribution in [0.5, 0.6) is 0 Å². The zero-order valence-corrected chi connectivity index (χ0v) is 11.0. The minimum Gasteiger partial charge on any atom is -0.379 e. The summed E-state index contributed by atoms with van der Waals surface area (Å²) in [5.74, 6) is 0. The Hall–Kier alpha value is -1.47. The van der Waals surface area contributed by atoms with Crippen molar-refractivity contribution in [3.63, 3.8) is 0 Å². The van der Waals surface area contributed by atoms with Gasteiger partial charge < -0.3 is 9.47 Å². The summed E-state index contributed by atoms with van der Waals surface area (Å²) in [6, 6.07) is 0. The molecular formula is C11H19N3O4. The lowest BCUT2D eigenvalue weighted by Crippen LogP contribution is -2.12. The van der Waals surface area contributed by atoms with Gasteiger partial charge in [0.25, 0.3) is 0 Å². The van der Waals surface area contributed by atoms with Crippen LogP contribution in [0.4, 0.5) is 5.69 Å². The smallest absolute Gasteiger partial charge is 0.312 e. The van der Waals surface area contributed by atoms with Crippen LogP contribution in [0.1, 0.15) is 18.3 Å². The summed E-state index contributed by atoms with van der Waals surface area (Å²) in [4.78, 5) is 10.4. The minimum absolute atomic E-state index is 0.0873. The average molecular weight is 257 g/mol. The molecule has 0 fully saturated rings. The third-order valence-electron chi connectivity index (χ3n) is 2.55. The Labute approximate surface area is 106 Å². The van der Waals surface area contributed by atoms with E-state index in [1.807, 2.05) is 6.92 Å². The summed E-state index contributed by atoms with van der Waals surface area (Å²) in [6.07, 6.45) is 0. The SMILES string of the molecule is CCOCCOCCn1nc(C)c([N+](=O)[O-])c1C. The molecule has 0 unspecified atom stereocenters. The van der Waals surface area contributed by atoms with E-state index < -0.39 is 4.92 Å². The molecule has 7 nitrogen and oxygen atoms in total. The van der Waals surface area contributed by atoms with Crippen molar-refractivity contribution < 1.29 is 14.4 Å². The van der Waals surface area contributed by atoms with Crippen LogP contribution >= 0.6 is 0 Å². The molecule has 0 aliphatic rings. The van der Waals surface area contributed by atoms with Gasteiger partial charge in [0.2, 0.25) is 0 Å². The van der Waals surface area contributed by atoms with Crippen molar-refractivity contribution in [2.75, 3.05) is 26.4 Å². The molecule has 1 rings (SSSR count). The Morgan fingerprint density at radius 3 is 2.50 bits per heavy atom. The Morgan fingerprint density at radius 1 is 1.28 bits per heavy atom. The average Bonchev–Trinajstić information content (AvgIpc) is 2.59.